The molecular formula is C25H32OS. The Hall–Kier alpha value is -1.54. The average molecular weight is 381 g/mol. The highest BCUT2D eigenvalue weighted by molar-refractivity contribution is 7.20. The number of fused-ring (bicyclic) bond motifs is 1. The third-order valence-corrected chi connectivity index (χ3v) is 7.69. The summed E-state index contributed by atoms with van der Waals surface area (Å²) in [5, 5.41) is 1.35. The van der Waals surface area contributed by atoms with Gasteiger partial charge in [-0.15, -0.1) is 11.3 Å². The van der Waals surface area contributed by atoms with E-state index >= 15 is 0 Å². The highest BCUT2D eigenvalue weighted by Crippen LogP contribution is 2.43. The lowest BCUT2D eigenvalue weighted by Gasteiger charge is -2.34. The second-order valence-electron chi connectivity index (χ2n) is 8.21. The van der Waals surface area contributed by atoms with Gasteiger partial charge < -0.3 is 4.74 Å². The summed E-state index contributed by atoms with van der Waals surface area (Å²) in [5.41, 5.74) is 1.58. The fraction of sp³-hybridized carbons (Fsp3) is 0.520. The van der Waals surface area contributed by atoms with Gasteiger partial charge in [0.2, 0.25) is 0 Å². The molecule has 0 radical (unpaired) electrons. The van der Waals surface area contributed by atoms with Crippen molar-refractivity contribution in [3.63, 3.8) is 0 Å². The van der Waals surface area contributed by atoms with Crippen molar-refractivity contribution in [2.75, 3.05) is 6.61 Å². The first kappa shape index (κ1) is 18.8. The van der Waals surface area contributed by atoms with Gasteiger partial charge in [0.05, 0.1) is 6.61 Å². The fourth-order valence-electron chi connectivity index (χ4n) is 5.01. The maximum atomic E-state index is 5.66. The Morgan fingerprint density at radius 2 is 1.93 bits per heavy atom. The molecule has 2 aliphatic rings. The molecule has 27 heavy (non-hydrogen) atoms. The van der Waals surface area contributed by atoms with Gasteiger partial charge in [-0.1, -0.05) is 18.2 Å². The topological polar surface area (TPSA) is 9.23 Å². The zero-order valence-corrected chi connectivity index (χ0v) is 17.6. The van der Waals surface area contributed by atoms with Crippen LogP contribution in [0, 0.1) is 17.8 Å². The summed E-state index contributed by atoms with van der Waals surface area (Å²) in [6.45, 7) is 4.93. The van der Waals surface area contributed by atoms with Crippen LogP contribution in [0.1, 0.15) is 63.7 Å². The lowest BCUT2D eigenvalue weighted by Crippen LogP contribution is -2.22. The Balaban J connectivity index is 1.41. The number of thiophene rings is 1. The minimum absolute atomic E-state index is 0.729. The van der Waals surface area contributed by atoms with Gasteiger partial charge in [-0.2, -0.15) is 0 Å². The van der Waals surface area contributed by atoms with Crippen LogP contribution in [0.15, 0.2) is 42.5 Å². The second-order valence-corrected chi connectivity index (χ2v) is 9.29. The van der Waals surface area contributed by atoms with E-state index in [0.29, 0.717) is 0 Å². The predicted molar refractivity (Wildman–Crippen MR) is 119 cm³/mol. The molecule has 2 heteroatoms. The van der Waals surface area contributed by atoms with Crippen molar-refractivity contribution < 1.29 is 4.74 Å². The summed E-state index contributed by atoms with van der Waals surface area (Å²) >= 11 is 1.93. The molecule has 144 valence electrons. The lowest BCUT2D eigenvalue weighted by atomic mass is 9.71. The second kappa shape index (κ2) is 8.65. The number of allylic oxidation sites excluding steroid dienone is 4. The van der Waals surface area contributed by atoms with Crippen molar-refractivity contribution in [3.05, 3.63) is 47.4 Å². The number of hydrogen-bond donors (Lipinski definition) is 0. The third kappa shape index (κ3) is 4.32. The van der Waals surface area contributed by atoms with Crippen molar-refractivity contribution in [1.82, 2.24) is 0 Å². The van der Waals surface area contributed by atoms with Gasteiger partial charge in [0.1, 0.15) is 5.75 Å². The van der Waals surface area contributed by atoms with E-state index < -0.39 is 0 Å². The van der Waals surface area contributed by atoms with E-state index in [2.05, 4.69) is 49.4 Å². The number of benzene rings is 1. The quantitative estimate of drug-likeness (QED) is 0.480. The van der Waals surface area contributed by atoms with E-state index in [1.165, 1.54) is 59.9 Å². The molecular weight excluding hydrogens is 348 g/mol. The summed E-state index contributed by atoms with van der Waals surface area (Å²) in [5.74, 6) is 3.71. The molecule has 1 fully saturated rings. The van der Waals surface area contributed by atoms with Crippen LogP contribution in [0.2, 0.25) is 0 Å². The third-order valence-electron chi connectivity index (χ3n) is 6.52. The summed E-state index contributed by atoms with van der Waals surface area (Å²) in [6.07, 6.45) is 16.8. The molecule has 1 aromatic heterocycles. The molecule has 2 aliphatic carbocycles. The van der Waals surface area contributed by atoms with E-state index in [1.54, 1.807) is 5.57 Å². The molecule has 1 atom stereocenters. The zero-order valence-electron chi connectivity index (χ0n) is 16.7. The monoisotopic (exact) mass is 380 g/mol. The van der Waals surface area contributed by atoms with Gasteiger partial charge >= 0.3 is 0 Å². The maximum absolute atomic E-state index is 5.66. The van der Waals surface area contributed by atoms with Crippen LogP contribution in [-0.4, -0.2) is 6.61 Å². The molecule has 1 aromatic carbocycles. The number of ether oxygens (including phenoxy) is 1. The molecule has 0 saturated heterocycles. The first-order valence-electron chi connectivity index (χ1n) is 10.8. The molecule has 1 nitrogen and oxygen atoms in total. The Morgan fingerprint density at radius 3 is 2.63 bits per heavy atom. The molecule has 0 N–H and O–H groups in total. The predicted octanol–water partition coefficient (Wildman–Crippen LogP) is 7.87. The van der Waals surface area contributed by atoms with Crippen molar-refractivity contribution in [1.29, 1.82) is 0 Å². The van der Waals surface area contributed by atoms with Gasteiger partial charge in [0.15, 0.2) is 0 Å². The first-order valence-corrected chi connectivity index (χ1v) is 11.6. The Morgan fingerprint density at radius 1 is 1.07 bits per heavy atom. The molecule has 2 aromatic rings. The van der Waals surface area contributed by atoms with E-state index in [9.17, 15) is 0 Å². The Kier molecular flexibility index (Phi) is 6.02. The van der Waals surface area contributed by atoms with Crippen LogP contribution in [-0.2, 0) is 0 Å². The maximum Gasteiger partial charge on any atom is 0.120 e. The molecule has 0 amide bonds. The first-order chi connectivity index (χ1) is 13.3. The molecule has 0 aliphatic heterocycles. The minimum atomic E-state index is 0.729. The van der Waals surface area contributed by atoms with E-state index in [0.717, 1.165) is 30.1 Å². The minimum Gasteiger partial charge on any atom is -0.494 e. The van der Waals surface area contributed by atoms with Gasteiger partial charge in [0.25, 0.3) is 0 Å². The van der Waals surface area contributed by atoms with Crippen LogP contribution in [0.5, 0.6) is 5.75 Å². The lowest BCUT2D eigenvalue weighted by molar-refractivity contribution is 0.212. The Bertz CT molecular complexity index is 820. The smallest absolute Gasteiger partial charge is 0.120 e. The summed E-state index contributed by atoms with van der Waals surface area (Å²) < 4.78 is 7.01. The Labute approximate surface area is 168 Å². The van der Waals surface area contributed by atoms with Crippen LogP contribution >= 0.6 is 11.3 Å². The fourth-order valence-corrected chi connectivity index (χ4v) is 6.17. The molecule has 1 saturated carbocycles. The van der Waals surface area contributed by atoms with Crippen LogP contribution in [0.25, 0.3) is 15.7 Å². The molecule has 0 bridgehead atoms. The largest absolute Gasteiger partial charge is 0.494 e. The normalized spacial score (nSPS) is 26.4. The summed E-state index contributed by atoms with van der Waals surface area (Å²) in [4.78, 5) is 1.47. The molecule has 1 unspecified atom stereocenters. The zero-order chi connectivity index (χ0) is 18.6. The van der Waals surface area contributed by atoms with Crippen molar-refractivity contribution in [2.24, 2.45) is 17.8 Å². The van der Waals surface area contributed by atoms with Gasteiger partial charge in [-0.25, -0.2) is 0 Å². The standard InChI is InChI=1S/C25H32OS/c1-3-5-18-6-8-19(9-7-18)20-10-12-21(13-11-20)24-16-22-14-15-23(26-4-2)17-25(22)27-24/h3,5,12,14-20H,4,6-11,13H2,1-2H3/b5-3+. The van der Waals surface area contributed by atoms with Crippen LogP contribution in [0.4, 0.5) is 0 Å². The van der Waals surface area contributed by atoms with Crippen molar-refractivity contribution in [2.45, 2.75) is 58.8 Å². The number of hydrogen-bond acceptors (Lipinski definition) is 2. The van der Waals surface area contributed by atoms with Crippen molar-refractivity contribution in [3.8, 4) is 5.75 Å². The van der Waals surface area contributed by atoms with Crippen molar-refractivity contribution >= 4 is 27.0 Å². The highest BCUT2D eigenvalue weighted by Gasteiger charge is 2.28. The summed E-state index contributed by atoms with van der Waals surface area (Å²) in [6, 6.07) is 8.87. The van der Waals surface area contributed by atoms with Gasteiger partial charge in [-0.05, 0) is 112 Å². The van der Waals surface area contributed by atoms with Crippen LogP contribution in [0.3, 0.4) is 0 Å². The van der Waals surface area contributed by atoms with E-state index in [4.69, 9.17) is 4.74 Å². The average Bonchev–Trinajstić information content (AvgIpc) is 3.13. The summed E-state index contributed by atoms with van der Waals surface area (Å²) in [7, 11) is 0. The van der Waals surface area contributed by atoms with Gasteiger partial charge in [0, 0.05) is 9.58 Å². The van der Waals surface area contributed by atoms with Crippen LogP contribution < -0.4 is 4.74 Å². The van der Waals surface area contributed by atoms with Gasteiger partial charge in [-0.3, -0.25) is 0 Å². The van der Waals surface area contributed by atoms with E-state index in [-0.39, 0.29) is 0 Å². The van der Waals surface area contributed by atoms with E-state index in [1.807, 2.05) is 18.3 Å². The molecule has 4 rings (SSSR count). The molecule has 0 spiro atoms. The highest BCUT2D eigenvalue weighted by atomic mass is 32.1. The molecule has 1 heterocycles. The SMILES string of the molecule is C/C=C/C1CCC(C2CC=C(c3cc4ccc(OCC)cc4s3)CC2)CC1. The number of rotatable bonds is 5.